The average Bonchev–Trinajstić information content (AvgIpc) is 2.62. The first-order chi connectivity index (χ1) is 7.27. The Morgan fingerprint density at radius 3 is 3.07 bits per heavy atom. The quantitative estimate of drug-likeness (QED) is 0.785. The molecule has 0 bridgehead atoms. The molecule has 0 aliphatic heterocycles. The third kappa shape index (κ3) is 2.43. The first kappa shape index (κ1) is 10.3. The molecule has 0 radical (unpaired) electrons. The van der Waals surface area contributed by atoms with Crippen LogP contribution in [0.2, 0.25) is 0 Å². The van der Waals surface area contributed by atoms with Crippen LogP contribution in [-0.4, -0.2) is 13.7 Å². The molecule has 0 amide bonds. The lowest BCUT2D eigenvalue weighted by Gasteiger charge is -1.99. The van der Waals surface area contributed by atoms with E-state index in [1.165, 1.54) is 6.26 Å². The molecule has 4 nitrogen and oxygen atoms in total. The van der Waals surface area contributed by atoms with Gasteiger partial charge in [0.2, 0.25) is 5.89 Å². The van der Waals surface area contributed by atoms with Gasteiger partial charge in [-0.25, -0.2) is 9.19 Å². The molecule has 1 heterocycles. The average molecular weight is 225 g/mol. The van der Waals surface area contributed by atoms with Crippen LogP contribution in [0.25, 0.3) is 5.57 Å². The van der Waals surface area contributed by atoms with E-state index in [0.29, 0.717) is 10.8 Å². The zero-order chi connectivity index (χ0) is 10.7. The second kappa shape index (κ2) is 4.55. The van der Waals surface area contributed by atoms with Crippen LogP contribution in [0.4, 0.5) is 0 Å². The standard InChI is InChI=1S/C10H11NO3S/c12-15(13)9-4-2-1-3-8(7-9)10-11-5-6-14-10/h4-7H,1-3H2,(H,12,13). The first-order valence-corrected chi connectivity index (χ1v) is 5.79. The summed E-state index contributed by atoms with van der Waals surface area (Å²) in [5, 5.41) is 0. The highest BCUT2D eigenvalue weighted by Crippen LogP contribution is 2.25. The Balaban J connectivity index is 2.32. The Hall–Kier alpha value is -1.20. The van der Waals surface area contributed by atoms with E-state index >= 15 is 0 Å². The fourth-order valence-electron chi connectivity index (χ4n) is 1.51. The lowest BCUT2D eigenvalue weighted by atomic mass is 10.1. The summed E-state index contributed by atoms with van der Waals surface area (Å²) >= 11 is -1.93. The van der Waals surface area contributed by atoms with E-state index in [9.17, 15) is 4.21 Å². The van der Waals surface area contributed by atoms with Gasteiger partial charge in [0.25, 0.3) is 0 Å². The molecule has 1 aromatic heterocycles. The SMILES string of the molecule is O=S(O)C1=CCCCC(c2ncco2)=C1. The van der Waals surface area contributed by atoms with Gasteiger partial charge in [0.05, 0.1) is 11.1 Å². The molecule has 1 aliphatic carbocycles. The zero-order valence-corrected chi connectivity index (χ0v) is 8.87. The summed E-state index contributed by atoms with van der Waals surface area (Å²) in [5.41, 5.74) is 0.881. The summed E-state index contributed by atoms with van der Waals surface area (Å²) in [6, 6.07) is 0. The van der Waals surface area contributed by atoms with Crippen molar-refractivity contribution in [1.82, 2.24) is 4.98 Å². The molecule has 1 N–H and O–H groups in total. The summed E-state index contributed by atoms with van der Waals surface area (Å²) in [6.07, 6.45) is 9.11. The number of oxazole rings is 1. The van der Waals surface area contributed by atoms with Crippen molar-refractivity contribution < 1.29 is 13.2 Å². The molecular formula is C10H11NO3S. The van der Waals surface area contributed by atoms with Crippen LogP contribution in [0.3, 0.4) is 0 Å². The lowest BCUT2D eigenvalue weighted by Crippen LogP contribution is -1.90. The highest BCUT2D eigenvalue weighted by atomic mass is 32.2. The van der Waals surface area contributed by atoms with E-state index in [4.69, 9.17) is 8.97 Å². The van der Waals surface area contributed by atoms with Crippen molar-refractivity contribution in [2.45, 2.75) is 19.3 Å². The summed E-state index contributed by atoms with van der Waals surface area (Å²) in [4.78, 5) is 4.46. The van der Waals surface area contributed by atoms with E-state index < -0.39 is 11.1 Å². The van der Waals surface area contributed by atoms with Gasteiger partial charge in [0.15, 0.2) is 11.1 Å². The largest absolute Gasteiger partial charge is 0.445 e. The number of hydrogen-bond acceptors (Lipinski definition) is 3. The minimum atomic E-state index is -1.93. The Labute approximate surface area is 90.0 Å². The van der Waals surface area contributed by atoms with E-state index in [0.717, 1.165) is 24.8 Å². The van der Waals surface area contributed by atoms with Gasteiger partial charge >= 0.3 is 0 Å². The first-order valence-electron chi connectivity index (χ1n) is 4.69. The predicted octanol–water partition coefficient (Wildman–Crippen LogP) is 2.35. The fourth-order valence-corrected chi connectivity index (χ4v) is 2.02. The molecule has 0 fully saturated rings. The van der Waals surface area contributed by atoms with Crippen molar-refractivity contribution in [3.8, 4) is 0 Å². The molecule has 15 heavy (non-hydrogen) atoms. The van der Waals surface area contributed by atoms with E-state index in [1.807, 2.05) is 0 Å². The van der Waals surface area contributed by atoms with Crippen LogP contribution in [-0.2, 0) is 11.1 Å². The highest BCUT2D eigenvalue weighted by Gasteiger charge is 2.12. The predicted molar refractivity (Wildman–Crippen MR) is 57.2 cm³/mol. The van der Waals surface area contributed by atoms with Crippen molar-refractivity contribution in [3.63, 3.8) is 0 Å². The highest BCUT2D eigenvalue weighted by molar-refractivity contribution is 7.83. The molecule has 0 spiro atoms. The van der Waals surface area contributed by atoms with Crippen LogP contribution in [0, 0.1) is 0 Å². The lowest BCUT2D eigenvalue weighted by molar-refractivity contribution is 0.538. The minimum absolute atomic E-state index is 0.431. The van der Waals surface area contributed by atoms with Crippen LogP contribution in [0.1, 0.15) is 25.2 Å². The maximum atomic E-state index is 11.0. The Morgan fingerprint density at radius 1 is 1.53 bits per heavy atom. The maximum absolute atomic E-state index is 11.0. The van der Waals surface area contributed by atoms with Crippen molar-refractivity contribution in [2.24, 2.45) is 0 Å². The van der Waals surface area contributed by atoms with Crippen LogP contribution in [0.5, 0.6) is 0 Å². The van der Waals surface area contributed by atoms with Gasteiger partial charge in [0, 0.05) is 5.57 Å². The molecule has 0 saturated carbocycles. The topological polar surface area (TPSA) is 63.3 Å². The van der Waals surface area contributed by atoms with Gasteiger partial charge < -0.3 is 8.97 Å². The van der Waals surface area contributed by atoms with Crippen molar-refractivity contribution in [2.75, 3.05) is 0 Å². The van der Waals surface area contributed by atoms with Crippen LogP contribution in [0.15, 0.2) is 33.9 Å². The third-order valence-corrected chi connectivity index (χ3v) is 2.91. The second-order valence-electron chi connectivity index (χ2n) is 3.25. The van der Waals surface area contributed by atoms with E-state index in [-0.39, 0.29) is 0 Å². The van der Waals surface area contributed by atoms with Crippen LogP contribution >= 0.6 is 0 Å². The van der Waals surface area contributed by atoms with E-state index in [2.05, 4.69) is 4.98 Å². The third-order valence-electron chi connectivity index (χ3n) is 2.22. The molecule has 1 atom stereocenters. The summed E-state index contributed by atoms with van der Waals surface area (Å²) < 4.78 is 25.2. The minimum Gasteiger partial charge on any atom is -0.445 e. The van der Waals surface area contributed by atoms with Crippen molar-refractivity contribution >= 4 is 16.7 Å². The molecule has 0 aromatic carbocycles. The molecule has 1 aliphatic rings. The second-order valence-corrected chi connectivity index (χ2v) is 4.22. The van der Waals surface area contributed by atoms with Gasteiger partial charge in [-0.1, -0.05) is 6.08 Å². The summed E-state index contributed by atoms with van der Waals surface area (Å²) in [7, 11) is 0. The Kier molecular flexibility index (Phi) is 3.13. The van der Waals surface area contributed by atoms with Gasteiger partial charge in [-0.05, 0) is 25.3 Å². The summed E-state index contributed by atoms with van der Waals surface area (Å²) in [6.45, 7) is 0. The van der Waals surface area contributed by atoms with Crippen molar-refractivity contribution in [3.05, 3.63) is 35.4 Å². The number of allylic oxidation sites excluding steroid dienone is 3. The van der Waals surface area contributed by atoms with E-state index in [1.54, 1.807) is 18.3 Å². The normalized spacial score (nSPS) is 19.0. The van der Waals surface area contributed by atoms with Crippen molar-refractivity contribution in [1.29, 1.82) is 0 Å². The molecule has 0 saturated heterocycles. The number of rotatable bonds is 2. The number of nitrogens with zero attached hydrogens (tertiary/aromatic N) is 1. The maximum Gasteiger partial charge on any atom is 0.221 e. The zero-order valence-electron chi connectivity index (χ0n) is 8.05. The molecular weight excluding hydrogens is 214 g/mol. The molecule has 1 aromatic rings. The Morgan fingerprint density at radius 2 is 2.40 bits per heavy atom. The molecule has 2 rings (SSSR count). The molecule has 1 unspecified atom stereocenters. The van der Waals surface area contributed by atoms with Gasteiger partial charge in [-0.2, -0.15) is 0 Å². The molecule has 80 valence electrons. The smallest absolute Gasteiger partial charge is 0.221 e. The van der Waals surface area contributed by atoms with Crippen LogP contribution < -0.4 is 0 Å². The Bertz CT molecular complexity index is 420. The summed E-state index contributed by atoms with van der Waals surface area (Å²) in [5.74, 6) is 0.535. The fraction of sp³-hybridized carbons (Fsp3) is 0.300. The van der Waals surface area contributed by atoms with Gasteiger partial charge in [-0.15, -0.1) is 0 Å². The van der Waals surface area contributed by atoms with Gasteiger partial charge in [-0.3, -0.25) is 0 Å². The number of aromatic nitrogens is 1. The van der Waals surface area contributed by atoms with Gasteiger partial charge in [0.1, 0.15) is 6.26 Å². The monoisotopic (exact) mass is 225 g/mol. The molecule has 5 heteroatoms. The number of hydrogen-bond donors (Lipinski definition) is 1.